The van der Waals surface area contributed by atoms with Crippen molar-refractivity contribution < 1.29 is 62.0 Å². The molecule has 0 aromatic heterocycles. The standard InChI is InChI=1S/C33H58O13S/c1-16(2)21(45-30-27(38)28(43-6)22(46-30)15-44-47(40,41)42)8-7-17(3)24-25(36)26(37)29-32(24,5)12-10-23-31(4)11-9-18(34)13-19(31)20(35)14-33(23,29)39/h16-30,34-39H,7-15H2,1-6H3,(H,40,41,42). The molecule has 4 saturated carbocycles. The quantitative estimate of drug-likeness (QED) is 0.153. The molecule has 7 N–H and O–H groups in total. The van der Waals surface area contributed by atoms with Gasteiger partial charge in [0, 0.05) is 19.4 Å². The zero-order valence-electron chi connectivity index (χ0n) is 28.5. The van der Waals surface area contributed by atoms with Crippen molar-refractivity contribution in [2.75, 3.05) is 13.7 Å². The molecule has 1 saturated heterocycles. The van der Waals surface area contributed by atoms with Crippen LogP contribution in [0.3, 0.4) is 0 Å². The van der Waals surface area contributed by atoms with E-state index in [1.807, 2.05) is 20.8 Å². The number of hydrogen-bond donors (Lipinski definition) is 7. The van der Waals surface area contributed by atoms with E-state index in [1.165, 1.54) is 7.11 Å². The van der Waals surface area contributed by atoms with Crippen molar-refractivity contribution >= 4 is 10.4 Å². The maximum Gasteiger partial charge on any atom is 0.397 e. The van der Waals surface area contributed by atoms with Crippen molar-refractivity contribution in [1.82, 2.24) is 0 Å². The molecule has 5 fully saturated rings. The maximum absolute atomic E-state index is 12.6. The van der Waals surface area contributed by atoms with Gasteiger partial charge in [-0.2, -0.15) is 8.42 Å². The Kier molecular flexibility index (Phi) is 10.9. The Labute approximate surface area is 278 Å². The van der Waals surface area contributed by atoms with Crippen molar-refractivity contribution in [3.63, 3.8) is 0 Å². The minimum absolute atomic E-state index is 0.00267. The van der Waals surface area contributed by atoms with Crippen molar-refractivity contribution in [1.29, 1.82) is 0 Å². The van der Waals surface area contributed by atoms with Gasteiger partial charge in [0.2, 0.25) is 0 Å². The number of aliphatic hydroxyl groups is 6. The molecule has 1 heterocycles. The molecular formula is C33H58O13S. The van der Waals surface area contributed by atoms with Crippen LogP contribution in [0.5, 0.6) is 0 Å². The predicted octanol–water partition coefficient (Wildman–Crippen LogP) is 1.41. The van der Waals surface area contributed by atoms with Gasteiger partial charge in [0.25, 0.3) is 0 Å². The lowest BCUT2D eigenvalue weighted by Gasteiger charge is -2.65. The molecule has 14 heteroatoms. The van der Waals surface area contributed by atoms with E-state index in [9.17, 15) is 39.1 Å². The van der Waals surface area contributed by atoms with Gasteiger partial charge in [-0.3, -0.25) is 4.55 Å². The highest BCUT2D eigenvalue weighted by Gasteiger charge is 2.72. The first-order valence-electron chi connectivity index (χ1n) is 17.4. The molecule has 0 amide bonds. The average molecular weight is 695 g/mol. The van der Waals surface area contributed by atoms with Gasteiger partial charge in [0.05, 0.1) is 42.7 Å². The van der Waals surface area contributed by atoms with Crippen LogP contribution in [0.2, 0.25) is 0 Å². The first-order valence-corrected chi connectivity index (χ1v) is 18.7. The Morgan fingerprint density at radius 2 is 1.60 bits per heavy atom. The van der Waals surface area contributed by atoms with Crippen molar-refractivity contribution in [3.8, 4) is 0 Å². The molecule has 5 aliphatic rings. The molecule has 0 aromatic carbocycles. The van der Waals surface area contributed by atoms with Crippen LogP contribution in [0.25, 0.3) is 0 Å². The van der Waals surface area contributed by atoms with Crippen LogP contribution in [0.1, 0.15) is 86.0 Å². The van der Waals surface area contributed by atoms with Gasteiger partial charge >= 0.3 is 10.4 Å². The molecule has 0 bridgehead atoms. The van der Waals surface area contributed by atoms with Gasteiger partial charge in [-0.25, -0.2) is 4.18 Å². The second kappa shape index (κ2) is 13.6. The molecule has 4 aliphatic carbocycles. The molecule has 17 atom stereocenters. The molecular weight excluding hydrogens is 636 g/mol. The van der Waals surface area contributed by atoms with E-state index < -0.39 is 89.1 Å². The topological polar surface area (TPSA) is 213 Å². The fraction of sp³-hybridized carbons (Fsp3) is 1.00. The van der Waals surface area contributed by atoms with Gasteiger partial charge in [0.1, 0.15) is 18.3 Å². The van der Waals surface area contributed by atoms with Crippen LogP contribution in [0.4, 0.5) is 0 Å². The second-order valence-electron chi connectivity index (χ2n) is 16.3. The van der Waals surface area contributed by atoms with Gasteiger partial charge in [-0.05, 0) is 85.4 Å². The first-order chi connectivity index (χ1) is 21.8. The van der Waals surface area contributed by atoms with Gasteiger partial charge in [-0.1, -0.05) is 34.6 Å². The molecule has 0 radical (unpaired) electrons. The van der Waals surface area contributed by atoms with Crippen LogP contribution < -0.4 is 0 Å². The van der Waals surface area contributed by atoms with Crippen LogP contribution in [-0.4, -0.2) is 118 Å². The van der Waals surface area contributed by atoms with E-state index in [0.717, 1.165) is 0 Å². The van der Waals surface area contributed by atoms with Crippen molar-refractivity contribution in [3.05, 3.63) is 0 Å². The summed E-state index contributed by atoms with van der Waals surface area (Å²) in [6.07, 6.45) is -3.73. The van der Waals surface area contributed by atoms with Gasteiger partial charge in [0.15, 0.2) is 6.29 Å². The Morgan fingerprint density at radius 3 is 2.21 bits per heavy atom. The van der Waals surface area contributed by atoms with E-state index in [2.05, 4.69) is 18.0 Å². The maximum atomic E-state index is 12.6. The minimum Gasteiger partial charge on any atom is -0.393 e. The first kappa shape index (κ1) is 37.8. The molecule has 5 rings (SSSR count). The third kappa shape index (κ3) is 6.69. The minimum atomic E-state index is -4.72. The summed E-state index contributed by atoms with van der Waals surface area (Å²) in [6, 6.07) is 0. The molecule has 17 unspecified atom stereocenters. The fourth-order valence-corrected chi connectivity index (χ4v) is 11.6. The summed E-state index contributed by atoms with van der Waals surface area (Å²) in [5, 5.41) is 68.4. The smallest absolute Gasteiger partial charge is 0.393 e. The summed E-state index contributed by atoms with van der Waals surface area (Å²) in [5.41, 5.74) is -2.33. The monoisotopic (exact) mass is 694 g/mol. The van der Waals surface area contributed by atoms with E-state index in [1.54, 1.807) is 0 Å². The van der Waals surface area contributed by atoms with E-state index in [0.29, 0.717) is 44.9 Å². The lowest BCUT2D eigenvalue weighted by Crippen LogP contribution is -2.68. The Morgan fingerprint density at radius 1 is 0.936 bits per heavy atom. The number of hydrogen-bond acceptors (Lipinski definition) is 12. The normalized spacial score (nSPS) is 49.7. The van der Waals surface area contributed by atoms with Crippen molar-refractivity contribution in [2.45, 2.75) is 147 Å². The van der Waals surface area contributed by atoms with Crippen molar-refractivity contribution in [2.24, 2.45) is 46.3 Å². The number of rotatable bonds is 11. The predicted molar refractivity (Wildman–Crippen MR) is 168 cm³/mol. The summed E-state index contributed by atoms with van der Waals surface area (Å²) in [5.74, 6) is -1.33. The summed E-state index contributed by atoms with van der Waals surface area (Å²) >= 11 is 0. The summed E-state index contributed by atoms with van der Waals surface area (Å²) in [6.45, 7) is 9.61. The number of ether oxygens (including phenoxy) is 3. The van der Waals surface area contributed by atoms with Crippen LogP contribution in [-0.2, 0) is 28.8 Å². The van der Waals surface area contributed by atoms with Gasteiger partial charge in [-0.15, -0.1) is 0 Å². The zero-order valence-corrected chi connectivity index (χ0v) is 29.3. The number of fused-ring (bicyclic) bond motifs is 5. The van der Waals surface area contributed by atoms with Crippen LogP contribution >= 0.6 is 0 Å². The molecule has 13 nitrogen and oxygen atoms in total. The fourth-order valence-electron chi connectivity index (χ4n) is 11.2. The van der Waals surface area contributed by atoms with Crippen LogP contribution in [0, 0.1) is 46.3 Å². The highest BCUT2D eigenvalue weighted by molar-refractivity contribution is 7.80. The third-order valence-electron chi connectivity index (χ3n) is 13.3. The van der Waals surface area contributed by atoms with E-state index in [-0.39, 0.29) is 41.4 Å². The highest BCUT2D eigenvalue weighted by atomic mass is 32.3. The van der Waals surface area contributed by atoms with Crippen LogP contribution in [0.15, 0.2) is 0 Å². The van der Waals surface area contributed by atoms with E-state index >= 15 is 0 Å². The highest BCUT2D eigenvalue weighted by Crippen LogP contribution is 2.69. The summed E-state index contributed by atoms with van der Waals surface area (Å²) in [7, 11) is -3.38. The van der Waals surface area contributed by atoms with E-state index in [4.69, 9.17) is 18.8 Å². The lowest BCUT2D eigenvalue weighted by molar-refractivity contribution is -0.264. The molecule has 1 aliphatic heterocycles. The average Bonchev–Trinajstić information content (AvgIpc) is 3.38. The zero-order chi connectivity index (χ0) is 34.9. The molecule has 0 aromatic rings. The molecule has 0 spiro atoms. The van der Waals surface area contributed by atoms with Gasteiger partial charge < -0.3 is 44.8 Å². The summed E-state index contributed by atoms with van der Waals surface area (Å²) < 4.78 is 52.9. The summed E-state index contributed by atoms with van der Waals surface area (Å²) in [4.78, 5) is 0. The Balaban J connectivity index is 1.29. The molecule has 47 heavy (non-hydrogen) atoms. The SMILES string of the molecule is COC1C(COS(=O)(=O)O)OC(OC(CCC(C)C2C(O)C(O)C3C2(C)CCC2C4(C)CCC(O)CC4C(O)CC23O)C(C)C)C1O. The largest absolute Gasteiger partial charge is 0.397 e. The number of aliphatic hydroxyl groups excluding tert-OH is 5. The Hall–Kier alpha value is -0.490. The Bertz CT molecular complexity index is 1200. The number of methoxy groups -OCH3 is 1. The second-order valence-corrected chi connectivity index (χ2v) is 17.4. The third-order valence-corrected chi connectivity index (χ3v) is 13.8. The lowest BCUT2D eigenvalue weighted by atomic mass is 9.42. The molecule has 274 valence electrons.